The Morgan fingerprint density at radius 3 is 1.61 bits per heavy atom. The van der Waals surface area contributed by atoms with E-state index in [1.807, 2.05) is 0 Å². The van der Waals surface area contributed by atoms with Gasteiger partial charge in [0, 0.05) is 12.8 Å². The van der Waals surface area contributed by atoms with Crippen LogP contribution in [0.15, 0.2) is 24.3 Å². The molecule has 0 aromatic rings. The molecule has 0 N–H and O–H groups in total. The van der Waals surface area contributed by atoms with Gasteiger partial charge in [-0.1, -0.05) is 32.4 Å². The van der Waals surface area contributed by atoms with Gasteiger partial charge in [0.05, 0.1) is 0 Å². The smallest absolute Gasteiger partial charge is 0.158 e. The number of Topliss-reactive ketones (excluding diaryl/α,β-unsaturated/α-hetero) is 2. The van der Waals surface area contributed by atoms with E-state index >= 15 is 0 Å². The molecule has 0 unspecified atom stereocenters. The van der Waals surface area contributed by atoms with Gasteiger partial charge >= 0.3 is 0 Å². The molecule has 1 rings (SSSR count). The molecule has 0 radical (unpaired) electrons. The number of carbonyl (C=O) groups is 2. The van der Waals surface area contributed by atoms with Crippen molar-refractivity contribution < 1.29 is 9.59 Å². The molecule has 0 aromatic heterocycles. The first-order chi connectivity index (χ1) is 8.36. The van der Waals surface area contributed by atoms with Gasteiger partial charge in [0.25, 0.3) is 0 Å². The van der Waals surface area contributed by atoms with Crippen molar-refractivity contribution in [2.75, 3.05) is 0 Å². The predicted octanol–water partition coefficient (Wildman–Crippen LogP) is 4.01. The minimum Gasteiger partial charge on any atom is -0.295 e. The third-order valence-corrected chi connectivity index (χ3v) is 3.94. The van der Waals surface area contributed by atoms with E-state index in [0.29, 0.717) is 24.0 Å². The second-order valence-corrected chi connectivity index (χ2v) is 5.82. The molecule has 0 heterocycles. The summed E-state index contributed by atoms with van der Waals surface area (Å²) in [6.45, 7) is 10.9. The lowest BCUT2D eigenvalue weighted by Gasteiger charge is -2.36. The molecule has 1 saturated carbocycles. The summed E-state index contributed by atoms with van der Waals surface area (Å²) < 4.78 is 0. The average molecular weight is 248 g/mol. The van der Waals surface area contributed by atoms with Crippen LogP contribution in [0.5, 0.6) is 0 Å². The highest BCUT2D eigenvalue weighted by atomic mass is 16.1. The molecule has 0 atom stereocenters. The molecule has 0 spiro atoms. The molecule has 0 amide bonds. The maximum Gasteiger partial charge on any atom is 0.158 e. The molecule has 100 valence electrons. The Balaban J connectivity index is 2.81. The van der Waals surface area contributed by atoms with Gasteiger partial charge in [-0.3, -0.25) is 9.59 Å². The summed E-state index contributed by atoms with van der Waals surface area (Å²) in [4.78, 5) is 23.9. The SMILES string of the molecule is C=C(C)C(=O)CC1(CC(=O)C(=C)C)CCCCC1. The minimum atomic E-state index is -0.135. The third kappa shape index (κ3) is 3.94. The van der Waals surface area contributed by atoms with E-state index < -0.39 is 0 Å². The summed E-state index contributed by atoms with van der Waals surface area (Å²) >= 11 is 0. The second-order valence-electron chi connectivity index (χ2n) is 5.82. The molecule has 1 aliphatic carbocycles. The van der Waals surface area contributed by atoms with Crippen molar-refractivity contribution in [2.24, 2.45) is 5.41 Å². The summed E-state index contributed by atoms with van der Waals surface area (Å²) in [6.07, 6.45) is 6.35. The van der Waals surface area contributed by atoms with Gasteiger partial charge in [-0.2, -0.15) is 0 Å². The summed E-state index contributed by atoms with van der Waals surface area (Å²) in [6, 6.07) is 0. The van der Waals surface area contributed by atoms with E-state index in [1.165, 1.54) is 6.42 Å². The van der Waals surface area contributed by atoms with E-state index in [0.717, 1.165) is 25.7 Å². The van der Waals surface area contributed by atoms with Crippen LogP contribution in [0.3, 0.4) is 0 Å². The highest BCUT2D eigenvalue weighted by Gasteiger charge is 2.36. The Morgan fingerprint density at radius 2 is 1.28 bits per heavy atom. The van der Waals surface area contributed by atoms with Gasteiger partial charge in [0.15, 0.2) is 11.6 Å². The van der Waals surface area contributed by atoms with Crippen LogP contribution in [0.25, 0.3) is 0 Å². The monoisotopic (exact) mass is 248 g/mol. The summed E-state index contributed by atoms with van der Waals surface area (Å²) in [7, 11) is 0. The maximum absolute atomic E-state index is 11.9. The molecule has 0 saturated heterocycles. The topological polar surface area (TPSA) is 34.1 Å². The molecule has 18 heavy (non-hydrogen) atoms. The molecule has 1 fully saturated rings. The molecular formula is C16H24O2. The van der Waals surface area contributed by atoms with Crippen LogP contribution in [0, 0.1) is 5.41 Å². The first kappa shape index (κ1) is 14.9. The van der Waals surface area contributed by atoms with Crippen LogP contribution in [0.4, 0.5) is 0 Å². The first-order valence-corrected chi connectivity index (χ1v) is 6.74. The van der Waals surface area contributed by atoms with Crippen molar-refractivity contribution in [2.45, 2.75) is 58.8 Å². The first-order valence-electron chi connectivity index (χ1n) is 6.74. The Labute approximate surface area is 110 Å². The van der Waals surface area contributed by atoms with Gasteiger partial charge < -0.3 is 0 Å². The van der Waals surface area contributed by atoms with Crippen LogP contribution >= 0.6 is 0 Å². The summed E-state index contributed by atoms with van der Waals surface area (Å²) in [5.74, 6) is 0.206. The second kappa shape index (κ2) is 6.12. The van der Waals surface area contributed by atoms with Gasteiger partial charge in [0.1, 0.15) is 0 Å². The normalized spacial score (nSPS) is 18.1. The summed E-state index contributed by atoms with van der Waals surface area (Å²) in [5, 5.41) is 0. The molecule has 0 aromatic carbocycles. The number of rotatable bonds is 6. The van der Waals surface area contributed by atoms with Gasteiger partial charge in [-0.25, -0.2) is 0 Å². The van der Waals surface area contributed by atoms with Crippen molar-refractivity contribution in [3.05, 3.63) is 24.3 Å². The number of carbonyl (C=O) groups excluding carboxylic acids is 2. The minimum absolute atomic E-state index is 0.103. The zero-order chi connectivity index (χ0) is 13.8. The summed E-state index contributed by atoms with van der Waals surface area (Å²) in [5.41, 5.74) is 1.06. The lowest BCUT2D eigenvalue weighted by molar-refractivity contribution is -0.121. The highest BCUT2D eigenvalue weighted by Crippen LogP contribution is 2.43. The van der Waals surface area contributed by atoms with Gasteiger partial charge in [-0.05, 0) is 43.3 Å². The quantitative estimate of drug-likeness (QED) is 0.666. The lowest BCUT2D eigenvalue weighted by atomic mass is 9.67. The zero-order valence-electron chi connectivity index (χ0n) is 11.7. The molecule has 0 bridgehead atoms. The highest BCUT2D eigenvalue weighted by molar-refractivity contribution is 5.97. The van der Waals surface area contributed by atoms with E-state index in [9.17, 15) is 9.59 Å². The number of hydrogen-bond acceptors (Lipinski definition) is 2. The van der Waals surface area contributed by atoms with Crippen LogP contribution < -0.4 is 0 Å². The Bertz CT molecular complexity index is 341. The average Bonchev–Trinajstić information content (AvgIpc) is 2.29. The van der Waals surface area contributed by atoms with E-state index in [1.54, 1.807) is 13.8 Å². The fraction of sp³-hybridized carbons (Fsp3) is 0.625. The molecular weight excluding hydrogens is 224 g/mol. The van der Waals surface area contributed by atoms with Crippen molar-refractivity contribution in [1.29, 1.82) is 0 Å². The van der Waals surface area contributed by atoms with Gasteiger partial charge in [0.2, 0.25) is 0 Å². The lowest BCUT2D eigenvalue weighted by Crippen LogP contribution is -2.30. The zero-order valence-corrected chi connectivity index (χ0v) is 11.7. The van der Waals surface area contributed by atoms with Crippen molar-refractivity contribution in [3.63, 3.8) is 0 Å². The molecule has 2 heteroatoms. The van der Waals surface area contributed by atoms with E-state index in [4.69, 9.17) is 0 Å². The Hall–Kier alpha value is -1.18. The van der Waals surface area contributed by atoms with Crippen molar-refractivity contribution in [3.8, 4) is 0 Å². The van der Waals surface area contributed by atoms with Crippen molar-refractivity contribution >= 4 is 11.6 Å². The number of ketones is 2. The Kier molecular flexibility index (Phi) is 5.06. The third-order valence-electron chi connectivity index (χ3n) is 3.94. The standard InChI is InChI=1S/C16H24O2/c1-12(2)14(17)10-16(8-6-5-7-9-16)11-15(18)13(3)4/h1,3,5-11H2,2,4H3. The molecule has 2 nitrogen and oxygen atoms in total. The fourth-order valence-corrected chi connectivity index (χ4v) is 2.70. The van der Waals surface area contributed by atoms with E-state index in [2.05, 4.69) is 13.2 Å². The fourth-order valence-electron chi connectivity index (χ4n) is 2.70. The molecule has 0 aliphatic heterocycles. The van der Waals surface area contributed by atoms with Gasteiger partial charge in [-0.15, -0.1) is 0 Å². The van der Waals surface area contributed by atoms with Crippen molar-refractivity contribution in [1.82, 2.24) is 0 Å². The van der Waals surface area contributed by atoms with E-state index in [-0.39, 0.29) is 17.0 Å². The van der Waals surface area contributed by atoms with Crippen LogP contribution in [-0.4, -0.2) is 11.6 Å². The Morgan fingerprint density at radius 1 is 0.889 bits per heavy atom. The largest absolute Gasteiger partial charge is 0.295 e. The van der Waals surface area contributed by atoms with Crippen LogP contribution in [0.2, 0.25) is 0 Å². The number of hydrogen-bond donors (Lipinski definition) is 0. The molecule has 1 aliphatic rings. The van der Waals surface area contributed by atoms with Crippen LogP contribution in [0.1, 0.15) is 58.8 Å². The van der Waals surface area contributed by atoms with Crippen LogP contribution in [-0.2, 0) is 9.59 Å². The number of allylic oxidation sites excluding steroid dienone is 2. The maximum atomic E-state index is 11.9. The predicted molar refractivity (Wildman–Crippen MR) is 74.4 cm³/mol.